The highest BCUT2D eigenvalue weighted by Crippen LogP contribution is 1.96. The van der Waals surface area contributed by atoms with Crippen molar-refractivity contribution in [2.24, 2.45) is 5.73 Å². The van der Waals surface area contributed by atoms with Gasteiger partial charge in [-0.15, -0.1) is 0 Å². The average Bonchev–Trinajstić information content (AvgIpc) is 2.48. The lowest BCUT2D eigenvalue weighted by molar-refractivity contribution is -0.117. The molecule has 13 heavy (non-hydrogen) atoms. The van der Waals surface area contributed by atoms with Crippen molar-refractivity contribution in [1.29, 1.82) is 0 Å². The molecule has 0 unspecified atom stereocenters. The first-order valence-electron chi connectivity index (χ1n) is 4.24. The molecule has 0 radical (unpaired) electrons. The van der Waals surface area contributed by atoms with E-state index in [2.05, 4.69) is 15.3 Å². The Kier molecular flexibility index (Phi) is 3.45. The molecule has 1 heterocycles. The lowest BCUT2D eigenvalue weighted by Gasteiger charge is -1.96. The predicted octanol–water partition coefficient (Wildman–Crippen LogP) is -0.453. The van der Waals surface area contributed by atoms with E-state index in [1.165, 1.54) is 0 Å². The van der Waals surface area contributed by atoms with E-state index in [0.717, 1.165) is 18.8 Å². The van der Waals surface area contributed by atoms with Crippen molar-refractivity contribution in [3.63, 3.8) is 0 Å². The molecule has 0 fully saturated rings. The fourth-order valence-corrected chi connectivity index (χ4v) is 1.01. The number of nitrogens with one attached hydrogen (secondary N) is 2. The van der Waals surface area contributed by atoms with Gasteiger partial charge in [0.05, 0.1) is 6.42 Å². The van der Waals surface area contributed by atoms with Crippen LogP contribution in [-0.4, -0.2) is 22.4 Å². The van der Waals surface area contributed by atoms with Gasteiger partial charge in [-0.3, -0.25) is 4.79 Å². The van der Waals surface area contributed by atoms with Crippen LogP contribution in [0.3, 0.4) is 0 Å². The smallest absolute Gasteiger partial charge is 0.225 e. The van der Waals surface area contributed by atoms with Crippen molar-refractivity contribution in [3.05, 3.63) is 17.7 Å². The molecule has 5 heteroatoms. The van der Waals surface area contributed by atoms with E-state index in [-0.39, 0.29) is 12.3 Å². The number of carbonyl (C=O) groups is 1. The van der Waals surface area contributed by atoms with E-state index in [9.17, 15) is 4.79 Å². The molecule has 0 saturated heterocycles. The second kappa shape index (κ2) is 4.61. The van der Waals surface area contributed by atoms with Gasteiger partial charge < -0.3 is 16.0 Å². The first-order chi connectivity index (χ1) is 6.22. The summed E-state index contributed by atoms with van der Waals surface area (Å²) in [4.78, 5) is 17.6. The predicted molar refractivity (Wildman–Crippen MR) is 48.9 cm³/mol. The number of carbonyl (C=O) groups excluding carboxylic acids is 1. The molecule has 1 amide bonds. The first-order valence-corrected chi connectivity index (χ1v) is 4.24. The summed E-state index contributed by atoms with van der Waals surface area (Å²) in [6, 6.07) is 0. The maximum absolute atomic E-state index is 10.5. The van der Waals surface area contributed by atoms with Crippen molar-refractivity contribution in [3.8, 4) is 0 Å². The highest BCUT2D eigenvalue weighted by molar-refractivity contribution is 5.75. The van der Waals surface area contributed by atoms with Gasteiger partial charge in [-0.1, -0.05) is 6.92 Å². The summed E-state index contributed by atoms with van der Waals surface area (Å²) in [6.07, 6.45) is 1.88. The molecule has 4 N–H and O–H groups in total. The van der Waals surface area contributed by atoms with Crippen LogP contribution in [-0.2, 0) is 17.8 Å². The fourth-order valence-electron chi connectivity index (χ4n) is 1.01. The van der Waals surface area contributed by atoms with Crippen LogP contribution < -0.4 is 11.1 Å². The maximum atomic E-state index is 10.5. The standard InChI is InChI=1S/C8H14N4O/c1-2-10-4-6-5-11-8(12-6)3-7(9)13/h5,10H,2-4H2,1H3,(H2,9,13)(H,11,12). The number of aromatic amines is 1. The van der Waals surface area contributed by atoms with Crippen LogP contribution in [0.1, 0.15) is 18.4 Å². The van der Waals surface area contributed by atoms with Gasteiger partial charge in [-0.25, -0.2) is 4.98 Å². The normalized spacial score (nSPS) is 10.2. The minimum Gasteiger partial charge on any atom is -0.369 e. The van der Waals surface area contributed by atoms with Crippen LogP contribution in [0.15, 0.2) is 6.20 Å². The average molecular weight is 182 g/mol. The van der Waals surface area contributed by atoms with E-state index >= 15 is 0 Å². The van der Waals surface area contributed by atoms with Crippen LogP contribution in [0.4, 0.5) is 0 Å². The number of nitrogens with two attached hydrogens (primary N) is 1. The van der Waals surface area contributed by atoms with Crippen LogP contribution in [0.5, 0.6) is 0 Å². The highest BCUT2D eigenvalue weighted by Gasteiger charge is 2.02. The first kappa shape index (κ1) is 9.73. The van der Waals surface area contributed by atoms with Crippen LogP contribution in [0, 0.1) is 0 Å². The number of H-pyrrole nitrogens is 1. The third-order valence-corrected chi connectivity index (χ3v) is 1.59. The summed E-state index contributed by atoms with van der Waals surface area (Å²) in [6.45, 7) is 3.67. The second-order valence-corrected chi connectivity index (χ2v) is 2.78. The Bertz CT molecular complexity index is 281. The second-order valence-electron chi connectivity index (χ2n) is 2.78. The summed E-state index contributed by atoms with van der Waals surface area (Å²) < 4.78 is 0. The minimum atomic E-state index is -0.371. The number of nitrogens with zero attached hydrogens (tertiary/aromatic N) is 1. The van der Waals surface area contributed by atoms with Gasteiger partial charge in [0.15, 0.2) is 0 Å². The van der Waals surface area contributed by atoms with E-state index in [1.54, 1.807) is 6.20 Å². The number of primary amides is 1. The quantitative estimate of drug-likeness (QED) is 0.576. The summed E-state index contributed by atoms with van der Waals surface area (Å²) in [5.74, 6) is 0.254. The van der Waals surface area contributed by atoms with Crippen molar-refractivity contribution in [1.82, 2.24) is 15.3 Å². The van der Waals surface area contributed by atoms with Crippen molar-refractivity contribution >= 4 is 5.91 Å². The summed E-state index contributed by atoms with van der Waals surface area (Å²) in [5.41, 5.74) is 5.99. The Morgan fingerprint density at radius 3 is 3.15 bits per heavy atom. The number of hydrogen-bond donors (Lipinski definition) is 3. The Balaban J connectivity index is 2.48. The van der Waals surface area contributed by atoms with Gasteiger partial charge >= 0.3 is 0 Å². The van der Waals surface area contributed by atoms with Gasteiger partial charge in [0.25, 0.3) is 0 Å². The molecule has 5 nitrogen and oxygen atoms in total. The zero-order valence-corrected chi connectivity index (χ0v) is 7.63. The minimum absolute atomic E-state index is 0.173. The molecule has 0 aliphatic carbocycles. The molecule has 72 valence electrons. The lowest BCUT2D eigenvalue weighted by atomic mass is 10.4. The molecule has 0 aliphatic rings. The molecule has 0 bridgehead atoms. The Hall–Kier alpha value is -1.36. The van der Waals surface area contributed by atoms with Gasteiger partial charge in [-0.05, 0) is 6.54 Å². The summed E-state index contributed by atoms with van der Waals surface area (Å²) in [5, 5.41) is 3.14. The zero-order chi connectivity index (χ0) is 9.68. The van der Waals surface area contributed by atoms with Gasteiger partial charge in [0, 0.05) is 18.4 Å². The van der Waals surface area contributed by atoms with E-state index in [0.29, 0.717) is 5.82 Å². The van der Waals surface area contributed by atoms with Crippen LogP contribution in [0.25, 0.3) is 0 Å². The third kappa shape index (κ3) is 3.25. The molecule has 0 saturated carbocycles. The largest absolute Gasteiger partial charge is 0.369 e. The summed E-state index contributed by atoms with van der Waals surface area (Å²) >= 11 is 0. The molecule has 0 atom stereocenters. The van der Waals surface area contributed by atoms with E-state index in [1.807, 2.05) is 6.92 Å². The van der Waals surface area contributed by atoms with Gasteiger partial charge in [0.1, 0.15) is 5.82 Å². The monoisotopic (exact) mass is 182 g/mol. The number of rotatable bonds is 5. The molecule has 0 spiro atoms. The van der Waals surface area contributed by atoms with Gasteiger partial charge in [-0.2, -0.15) is 0 Å². The molecule has 0 aliphatic heterocycles. The number of imidazole rings is 1. The summed E-state index contributed by atoms with van der Waals surface area (Å²) in [7, 11) is 0. The zero-order valence-electron chi connectivity index (χ0n) is 7.63. The topological polar surface area (TPSA) is 83.8 Å². The van der Waals surface area contributed by atoms with Crippen molar-refractivity contribution in [2.75, 3.05) is 6.54 Å². The molecular weight excluding hydrogens is 168 g/mol. The van der Waals surface area contributed by atoms with Crippen LogP contribution in [0.2, 0.25) is 0 Å². The van der Waals surface area contributed by atoms with E-state index in [4.69, 9.17) is 5.73 Å². The van der Waals surface area contributed by atoms with E-state index < -0.39 is 0 Å². The Labute approximate surface area is 76.7 Å². The highest BCUT2D eigenvalue weighted by atomic mass is 16.1. The molecule has 1 rings (SSSR count). The molecule has 1 aromatic rings. The number of hydrogen-bond acceptors (Lipinski definition) is 3. The maximum Gasteiger partial charge on any atom is 0.225 e. The number of aromatic nitrogens is 2. The Morgan fingerprint density at radius 1 is 1.77 bits per heavy atom. The SMILES string of the molecule is CCNCc1cnc(CC(N)=O)[nH]1. The fraction of sp³-hybridized carbons (Fsp3) is 0.500. The molecular formula is C8H14N4O. The Morgan fingerprint density at radius 2 is 2.54 bits per heavy atom. The molecule has 1 aromatic heterocycles. The van der Waals surface area contributed by atoms with Crippen molar-refractivity contribution < 1.29 is 4.79 Å². The van der Waals surface area contributed by atoms with Gasteiger partial charge in [0.2, 0.25) is 5.91 Å². The molecule has 0 aromatic carbocycles. The third-order valence-electron chi connectivity index (χ3n) is 1.59. The number of amides is 1. The van der Waals surface area contributed by atoms with Crippen LogP contribution >= 0.6 is 0 Å². The van der Waals surface area contributed by atoms with Crippen molar-refractivity contribution in [2.45, 2.75) is 19.9 Å². The lowest BCUT2D eigenvalue weighted by Crippen LogP contribution is -2.15.